The number of carbonyl (C=O) groups is 1. The molecule has 1 fully saturated rings. The fourth-order valence-electron chi connectivity index (χ4n) is 2.28. The van der Waals surface area contributed by atoms with E-state index in [0.29, 0.717) is 6.42 Å². The second-order valence-electron chi connectivity index (χ2n) is 4.86. The second kappa shape index (κ2) is 4.45. The van der Waals surface area contributed by atoms with E-state index in [1.807, 2.05) is 6.92 Å². The molecule has 0 aromatic rings. The smallest absolute Gasteiger partial charge is 0.309 e. The van der Waals surface area contributed by atoms with Crippen LogP contribution in [0.15, 0.2) is 11.8 Å². The van der Waals surface area contributed by atoms with Crippen LogP contribution in [0.1, 0.15) is 26.2 Å². The lowest BCUT2D eigenvalue weighted by atomic mass is 9.78. The summed E-state index contributed by atoms with van der Waals surface area (Å²) in [6.45, 7) is 5.29. The van der Waals surface area contributed by atoms with Crippen LogP contribution in [-0.2, 0) is 9.53 Å². The van der Waals surface area contributed by atoms with E-state index < -0.39 is 11.4 Å². The van der Waals surface area contributed by atoms with Crippen molar-refractivity contribution < 1.29 is 14.6 Å². The molecule has 0 aromatic carbocycles. The Morgan fingerprint density at radius 1 is 1.50 bits per heavy atom. The van der Waals surface area contributed by atoms with Crippen LogP contribution in [0.4, 0.5) is 0 Å². The van der Waals surface area contributed by atoms with E-state index in [2.05, 4.69) is 11.0 Å². The number of allylic oxidation sites excluding steroid dienone is 2. The highest BCUT2D eigenvalue weighted by molar-refractivity contribution is 5.74. The number of hydrogen-bond acceptors (Lipinski definition) is 3. The number of aliphatic carboxylic acids is 1. The second-order valence-corrected chi connectivity index (χ2v) is 4.86. The minimum absolute atomic E-state index is 0.560. The maximum Gasteiger partial charge on any atom is 0.309 e. The Balaban J connectivity index is 1.99. The van der Waals surface area contributed by atoms with Gasteiger partial charge in [0.25, 0.3) is 0 Å². The molecule has 1 aliphatic heterocycles. The molecule has 0 aromatic heterocycles. The molecule has 1 atom stereocenters. The molecule has 0 radical (unpaired) electrons. The lowest BCUT2D eigenvalue weighted by Gasteiger charge is -2.36. The van der Waals surface area contributed by atoms with Crippen molar-refractivity contribution in [1.29, 1.82) is 0 Å². The maximum atomic E-state index is 11.1. The van der Waals surface area contributed by atoms with Crippen molar-refractivity contribution in [3.63, 3.8) is 0 Å². The Kier molecular flexibility index (Phi) is 3.19. The van der Waals surface area contributed by atoms with Gasteiger partial charge in [-0.1, -0.05) is 6.08 Å². The van der Waals surface area contributed by atoms with Crippen molar-refractivity contribution in [2.45, 2.75) is 26.2 Å². The highest BCUT2D eigenvalue weighted by Gasteiger charge is 2.35. The summed E-state index contributed by atoms with van der Waals surface area (Å²) in [4.78, 5) is 13.4. The van der Waals surface area contributed by atoms with E-state index in [9.17, 15) is 4.79 Å². The van der Waals surface area contributed by atoms with Crippen LogP contribution in [0, 0.1) is 5.41 Å². The largest absolute Gasteiger partial charge is 0.481 e. The predicted molar refractivity (Wildman–Crippen MR) is 60.1 cm³/mol. The van der Waals surface area contributed by atoms with Gasteiger partial charge in [0.15, 0.2) is 0 Å². The number of morpholine rings is 1. The summed E-state index contributed by atoms with van der Waals surface area (Å²) in [5.41, 5.74) is 0.748. The SMILES string of the molecule is C[C@]1(C(=O)O)CC=C(N2CCOCC2)CC1. The van der Waals surface area contributed by atoms with Gasteiger partial charge >= 0.3 is 5.97 Å². The third-order valence-electron chi connectivity index (χ3n) is 3.65. The minimum atomic E-state index is -0.676. The monoisotopic (exact) mass is 225 g/mol. The van der Waals surface area contributed by atoms with E-state index >= 15 is 0 Å². The van der Waals surface area contributed by atoms with Gasteiger partial charge in [0.2, 0.25) is 0 Å². The zero-order valence-electron chi connectivity index (χ0n) is 9.74. The maximum absolute atomic E-state index is 11.1. The van der Waals surface area contributed by atoms with Crippen molar-refractivity contribution in [2.24, 2.45) is 5.41 Å². The lowest BCUT2D eigenvalue weighted by Crippen LogP contribution is -2.38. The van der Waals surface area contributed by atoms with Gasteiger partial charge in [-0.3, -0.25) is 4.79 Å². The molecule has 1 heterocycles. The lowest BCUT2D eigenvalue weighted by molar-refractivity contribution is -0.148. The normalized spacial score (nSPS) is 31.1. The molecule has 1 saturated heterocycles. The summed E-state index contributed by atoms with van der Waals surface area (Å²) in [5, 5.41) is 9.13. The van der Waals surface area contributed by atoms with Crippen LogP contribution < -0.4 is 0 Å². The fourth-order valence-corrected chi connectivity index (χ4v) is 2.28. The van der Waals surface area contributed by atoms with Crippen LogP contribution in [0.5, 0.6) is 0 Å². The number of nitrogens with zero attached hydrogens (tertiary/aromatic N) is 1. The molecular weight excluding hydrogens is 206 g/mol. The summed E-state index contributed by atoms with van der Waals surface area (Å²) in [7, 11) is 0. The Bertz CT molecular complexity index is 307. The number of carboxylic acid groups (broad SMARTS) is 1. The summed E-state index contributed by atoms with van der Waals surface area (Å²) < 4.78 is 5.31. The van der Waals surface area contributed by atoms with Gasteiger partial charge in [-0.2, -0.15) is 0 Å². The van der Waals surface area contributed by atoms with Gasteiger partial charge < -0.3 is 14.7 Å². The quantitative estimate of drug-likeness (QED) is 0.773. The number of carboxylic acids is 1. The molecule has 0 bridgehead atoms. The third-order valence-corrected chi connectivity index (χ3v) is 3.65. The first kappa shape index (κ1) is 11.5. The summed E-state index contributed by atoms with van der Waals surface area (Å²) in [6, 6.07) is 0. The summed E-state index contributed by atoms with van der Waals surface area (Å²) in [5.74, 6) is -0.676. The Morgan fingerprint density at radius 3 is 2.69 bits per heavy atom. The van der Waals surface area contributed by atoms with Crippen molar-refractivity contribution in [3.8, 4) is 0 Å². The molecule has 0 unspecified atom stereocenters. The average molecular weight is 225 g/mol. The van der Waals surface area contributed by atoms with Crippen LogP contribution >= 0.6 is 0 Å². The zero-order chi connectivity index (χ0) is 11.6. The Morgan fingerprint density at radius 2 is 2.19 bits per heavy atom. The molecule has 2 rings (SSSR count). The van der Waals surface area contributed by atoms with E-state index in [1.165, 1.54) is 5.70 Å². The van der Waals surface area contributed by atoms with E-state index in [4.69, 9.17) is 9.84 Å². The van der Waals surface area contributed by atoms with E-state index in [-0.39, 0.29) is 0 Å². The molecule has 90 valence electrons. The van der Waals surface area contributed by atoms with E-state index in [1.54, 1.807) is 0 Å². The van der Waals surface area contributed by atoms with Gasteiger partial charge in [0.05, 0.1) is 18.6 Å². The first-order chi connectivity index (χ1) is 7.62. The minimum Gasteiger partial charge on any atom is -0.481 e. The molecule has 0 amide bonds. The van der Waals surface area contributed by atoms with Crippen molar-refractivity contribution in [2.75, 3.05) is 26.3 Å². The van der Waals surface area contributed by atoms with E-state index in [0.717, 1.165) is 39.1 Å². The van der Waals surface area contributed by atoms with Crippen LogP contribution in [0.2, 0.25) is 0 Å². The first-order valence-electron chi connectivity index (χ1n) is 5.87. The van der Waals surface area contributed by atoms with Crippen molar-refractivity contribution in [1.82, 2.24) is 4.90 Å². The topological polar surface area (TPSA) is 49.8 Å². The molecule has 0 saturated carbocycles. The molecule has 16 heavy (non-hydrogen) atoms. The summed E-state index contributed by atoms with van der Waals surface area (Å²) >= 11 is 0. The number of rotatable bonds is 2. The van der Waals surface area contributed by atoms with Crippen LogP contribution in [0.25, 0.3) is 0 Å². The fraction of sp³-hybridized carbons (Fsp3) is 0.750. The van der Waals surface area contributed by atoms with Gasteiger partial charge in [-0.05, 0) is 26.2 Å². The highest BCUT2D eigenvalue weighted by Crippen LogP contribution is 2.36. The van der Waals surface area contributed by atoms with Gasteiger partial charge in [0, 0.05) is 18.8 Å². The predicted octanol–water partition coefficient (Wildman–Crippen LogP) is 1.48. The first-order valence-corrected chi connectivity index (χ1v) is 5.87. The van der Waals surface area contributed by atoms with Crippen LogP contribution in [0.3, 0.4) is 0 Å². The van der Waals surface area contributed by atoms with Gasteiger partial charge in [-0.15, -0.1) is 0 Å². The van der Waals surface area contributed by atoms with Gasteiger partial charge in [-0.25, -0.2) is 0 Å². The number of hydrogen-bond donors (Lipinski definition) is 1. The zero-order valence-corrected chi connectivity index (χ0v) is 9.74. The van der Waals surface area contributed by atoms with Crippen molar-refractivity contribution >= 4 is 5.97 Å². The number of ether oxygens (including phenoxy) is 1. The molecule has 4 heteroatoms. The average Bonchev–Trinajstić information content (AvgIpc) is 2.31. The molecule has 2 aliphatic rings. The molecule has 1 N–H and O–H groups in total. The van der Waals surface area contributed by atoms with Crippen molar-refractivity contribution in [3.05, 3.63) is 11.8 Å². The molecular formula is C12H19NO3. The molecule has 1 aliphatic carbocycles. The summed E-state index contributed by atoms with van der Waals surface area (Å²) in [6.07, 6.45) is 4.37. The molecule has 4 nitrogen and oxygen atoms in total. The Labute approximate surface area is 95.9 Å². The standard InChI is InChI=1S/C12H19NO3/c1-12(11(14)15)4-2-10(3-5-12)13-6-8-16-9-7-13/h2H,3-9H2,1H3,(H,14,15)/t12-/m0/s1. The highest BCUT2D eigenvalue weighted by atomic mass is 16.5. The van der Waals surface area contributed by atoms with Gasteiger partial charge in [0.1, 0.15) is 0 Å². The third kappa shape index (κ3) is 2.21. The Hall–Kier alpha value is -1.03. The van der Waals surface area contributed by atoms with Crippen LogP contribution in [-0.4, -0.2) is 42.3 Å². The molecule has 0 spiro atoms.